The molecule has 0 aromatic heterocycles. The first-order chi connectivity index (χ1) is 10.4. The highest BCUT2D eigenvalue weighted by molar-refractivity contribution is 5.81. The van der Waals surface area contributed by atoms with Gasteiger partial charge in [-0.3, -0.25) is 0 Å². The van der Waals surface area contributed by atoms with E-state index >= 15 is 0 Å². The van der Waals surface area contributed by atoms with Crippen LogP contribution in [0.25, 0.3) is 5.57 Å². The Balaban J connectivity index is 2.71. The molecule has 0 bridgehead atoms. The van der Waals surface area contributed by atoms with Crippen LogP contribution in [0.5, 0.6) is 0 Å². The summed E-state index contributed by atoms with van der Waals surface area (Å²) in [5.41, 5.74) is 0.498. The van der Waals surface area contributed by atoms with Crippen molar-refractivity contribution in [1.82, 2.24) is 0 Å². The van der Waals surface area contributed by atoms with E-state index in [4.69, 9.17) is 4.74 Å². The van der Waals surface area contributed by atoms with Gasteiger partial charge in [-0.15, -0.1) is 0 Å². The molecular formula is C17H14F4O. The van der Waals surface area contributed by atoms with Crippen LogP contribution in [0, 0.1) is 5.82 Å². The van der Waals surface area contributed by atoms with Crippen molar-refractivity contribution in [2.75, 3.05) is 6.61 Å². The summed E-state index contributed by atoms with van der Waals surface area (Å²) in [6, 6.07) is 13.0. The zero-order valence-electron chi connectivity index (χ0n) is 11.8. The van der Waals surface area contributed by atoms with Crippen LogP contribution < -0.4 is 0 Å². The standard InChI is InChI=1S/C17H14F4O/c1-2-22-16(17(19,20)21)15(12-6-4-3-5-7-12)13-8-10-14(18)11-9-13/h3-11H,2H2,1H3/b16-15-. The SMILES string of the molecule is CCO/C(=C(/c1ccccc1)c1ccc(F)cc1)C(F)(F)F. The second-order valence-corrected chi connectivity index (χ2v) is 4.51. The Hall–Kier alpha value is -2.30. The van der Waals surface area contributed by atoms with Crippen LogP contribution in [-0.4, -0.2) is 12.8 Å². The van der Waals surface area contributed by atoms with Crippen molar-refractivity contribution in [3.63, 3.8) is 0 Å². The smallest absolute Gasteiger partial charge is 0.449 e. The van der Waals surface area contributed by atoms with Gasteiger partial charge in [-0.05, 0) is 30.2 Å². The van der Waals surface area contributed by atoms with Crippen molar-refractivity contribution in [3.8, 4) is 0 Å². The van der Waals surface area contributed by atoms with Crippen molar-refractivity contribution in [3.05, 3.63) is 77.3 Å². The van der Waals surface area contributed by atoms with Crippen LogP contribution in [0.15, 0.2) is 60.4 Å². The molecule has 0 radical (unpaired) electrons. The van der Waals surface area contributed by atoms with Crippen molar-refractivity contribution >= 4 is 5.57 Å². The molecule has 0 amide bonds. The van der Waals surface area contributed by atoms with Gasteiger partial charge in [0.1, 0.15) is 5.82 Å². The Kier molecular flexibility index (Phi) is 4.85. The number of halogens is 4. The second kappa shape index (κ2) is 6.64. The molecule has 22 heavy (non-hydrogen) atoms. The predicted molar refractivity (Wildman–Crippen MR) is 76.5 cm³/mol. The van der Waals surface area contributed by atoms with Gasteiger partial charge in [-0.2, -0.15) is 13.2 Å². The maximum absolute atomic E-state index is 13.4. The summed E-state index contributed by atoms with van der Waals surface area (Å²) >= 11 is 0. The molecule has 0 fully saturated rings. The number of alkyl halides is 3. The minimum atomic E-state index is -4.64. The van der Waals surface area contributed by atoms with E-state index in [1.165, 1.54) is 19.1 Å². The lowest BCUT2D eigenvalue weighted by Crippen LogP contribution is -2.17. The number of hydrogen-bond donors (Lipinski definition) is 0. The predicted octanol–water partition coefficient (Wildman–Crippen LogP) is 5.18. The summed E-state index contributed by atoms with van der Waals surface area (Å²) in [4.78, 5) is 0. The van der Waals surface area contributed by atoms with Crippen molar-refractivity contribution in [2.24, 2.45) is 0 Å². The molecule has 0 aliphatic carbocycles. The van der Waals surface area contributed by atoms with E-state index in [0.29, 0.717) is 5.56 Å². The lowest BCUT2D eigenvalue weighted by atomic mass is 9.96. The molecule has 0 aliphatic rings. The van der Waals surface area contributed by atoms with Crippen LogP contribution in [0.2, 0.25) is 0 Å². The highest BCUT2D eigenvalue weighted by Gasteiger charge is 2.39. The number of benzene rings is 2. The number of hydrogen-bond acceptors (Lipinski definition) is 1. The molecule has 0 atom stereocenters. The number of allylic oxidation sites excluding steroid dienone is 1. The third-order valence-electron chi connectivity index (χ3n) is 2.97. The van der Waals surface area contributed by atoms with Gasteiger partial charge in [0.15, 0.2) is 0 Å². The van der Waals surface area contributed by atoms with E-state index < -0.39 is 17.8 Å². The topological polar surface area (TPSA) is 9.23 Å². The van der Waals surface area contributed by atoms with Crippen molar-refractivity contribution in [2.45, 2.75) is 13.1 Å². The summed E-state index contributed by atoms with van der Waals surface area (Å²) in [6.45, 7) is 1.37. The molecule has 0 N–H and O–H groups in total. The van der Waals surface area contributed by atoms with E-state index in [-0.39, 0.29) is 17.7 Å². The van der Waals surface area contributed by atoms with E-state index in [1.807, 2.05) is 0 Å². The minimum absolute atomic E-state index is 0.102. The van der Waals surface area contributed by atoms with Gasteiger partial charge in [0.25, 0.3) is 0 Å². The molecule has 2 aromatic carbocycles. The van der Waals surface area contributed by atoms with Crippen LogP contribution in [0.3, 0.4) is 0 Å². The lowest BCUT2D eigenvalue weighted by molar-refractivity contribution is -0.128. The maximum Gasteiger partial charge on any atom is 0.449 e. The normalized spacial score (nSPS) is 12.8. The fourth-order valence-electron chi connectivity index (χ4n) is 2.09. The van der Waals surface area contributed by atoms with Gasteiger partial charge in [0.05, 0.1) is 6.61 Å². The monoisotopic (exact) mass is 310 g/mol. The Morgan fingerprint density at radius 1 is 0.909 bits per heavy atom. The Morgan fingerprint density at radius 3 is 1.95 bits per heavy atom. The van der Waals surface area contributed by atoms with Gasteiger partial charge < -0.3 is 4.74 Å². The second-order valence-electron chi connectivity index (χ2n) is 4.51. The molecule has 116 valence electrons. The highest BCUT2D eigenvalue weighted by Crippen LogP contribution is 2.37. The molecule has 2 aromatic rings. The Bertz CT molecular complexity index is 643. The van der Waals surface area contributed by atoms with E-state index in [1.54, 1.807) is 30.3 Å². The number of ether oxygens (including phenoxy) is 1. The highest BCUT2D eigenvalue weighted by atomic mass is 19.4. The molecule has 0 heterocycles. The molecule has 2 rings (SSSR count). The fraction of sp³-hybridized carbons (Fsp3) is 0.176. The maximum atomic E-state index is 13.4. The van der Waals surface area contributed by atoms with Crippen LogP contribution in [-0.2, 0) is 4.74 Å². The van der Waals surface area contributed by atoms with Gasteiger partial charge in [0, 0.05) is 5.57 Å². The van der Waals surface area contributed by atoms with Crippen LogP contribution in [0.4, 0.5) is 17.6 Å². The zero-order chi connectivity index (χ0) is 16.2. The van der Waals surface area contributed by atoms with E-state index in [9.17, 15) is 17.6 Å². The summed E-state index contributed by atoms with van der Waals surface area (Å²) in [6.07, 6.45) is -4.64. The molecule has 0 aliphatic heterocycles. The average Bonchev–Trinajstić information content (AvgIpc) is 2.49. The zero-order valence-corrected chi connectivity index (χ0v) is 11.8. The van der Waals surface area contributed by atoms with E-state index in [0.717, 1.165) is 12.1 Å². The van der Waals surface area contributed by atoms with Gasteiger partial charge >= 0.3 is 6.18 Å². The summed E-state index contributed by atoms with van der Waals surface area (Å²) in [7, 11) is 0. The average molecular weight is 310 g/mol. The van der Waals surface area contributed by atoms with Gasteiger partial charge in [-0.25, -0.2) is 4.39 Å². The lowest BCUT2D eigenvalue weighted by Gasteiger charge is -2.18. The van der Waals surface area contributed by atoms with Crippen LogP contribution in [0.1, 0.15) is 18.1 Å². The van der Waals surface area contributed by atoms with Crippen LogP contribution >= 0.6 is 0 Å². The largest absolute Gasteiger partial charge is 0.489 e. The molecular weight excluding hydrogens is 296 g/mol. The first-order valence-corrected chi connectivity index (χ1v) is 6.69. The third-order valence-corrected chi connectivity index (χ3v) is 2.97. The van der Waals surface area contributed by atoms with E-state index in [2.05, 4.69) is 0 Å². The summed E-state index contributed by atoms with van der Waals surface area (Å²) < 4.78 is 58.0. The third kappa shape index (κ3) is 3.67. The number of rotatable bonds is 4. The fourth-order valence-corrected chi connectivity index (χ4v) is 2.09. The first kappa shape index (κ1) is 16.1. The van der Waals surface area contributed by atoms with Gasteiger partial charge in [0.2, 0.25) is 5.76 Å². The quantitative estimate of drug-likeness (QED) is 0.558. The molecule has 0 saturated heterocycles. The van der Waals surface area contributed by atoms with Crippen molar-refractivity contribution in [1.29, 1.82) is 0 Å². The Morgan fingerprint density at radius 2 is 1.45 bits per heavy atom. The molecule has 0 spiro atoms. The molecule has 0 saturated carbocycles. The summed E-state index contributed by atoms with van der Waals surface area (Å²) in [5, 5.41) is 0. The minimum Gasteiger partial charge on any atom is -0.489 e. The first-order valence-electron chi connectivity index (χ1n) is 6.69. The molecule has 1 nitrogen and oxygen atoms in total. The van der Waals surface area contributed by atoms with Crippen molar-refractivity contribution < 1.29 is 22.3 Å². The molecule has 0 unspecified atom stereocenters. The van der Waals surface area contributed by atoms with Gasteiger partial charge in [-0.1, -0.05) is 42.5 Å². The molecule has 5 heteroatoms. The summed E-state index contributed by atoms with van der Waals surface area (Å²) in [5.74, 6) is -1.59. The Labute approximate surface area is 125 Å².